The Morgan fingerprint density at radius 3 is 2.85 bits per heavy atom. The van der Waals surface area contributed by atoms with Gasteiger partial charge < -0.3 is 24.8 Å². The zero-order chi connectivity index (χ0) is 24.1. The molecule has 3 heterocycles. The first-order valence-corrected chi connectivity index (χ1v) is 11.2. The molecule has 1 saturated heterocycles. The molecule has 2 unspecified atom stereocenters. The summed E-state index contributed by atoms with van der Waals surface area (Å²) in [6, 6.07) is 2.08. The lowest BCUT2D eigenvalue weighted by Crippen LogP contribution is -2.64. The second-order valence-electron chi connectivity index (χ2n) is 7.77. The van der Waals surface area contributed by atoms with Gasteiger partial charge >= 0.3 is 12.1 Å². The molecule has 33 heavy (non-hydrogen) atoms. The van der Waals surface area contributed by atoms with Crippen LogP contribution in [0.15, 0.2) is 17.8 Å². The molecule has 2 atom stereocenters. The van der Waals surface area contributed by atoms with Crippen molar-refractivity contribution < 1.29 is 37.3 Å². The summed E-state index contributed by atoms with van der Waals surface area (Å²) in [6.07, 6.45) is 0.642. The van der Waals surface area contributed by atoms with E-state index >= 15 is 0 Å². The Morgan fingerprint density at radius 2 is 2.15 bits per heavy atom. The lowest BCUT2D eigenvalue weighted by Gasteiger charge is -2.50. The van der Waals surface area contributed by atoms with Crippen molar-refractivity contribution in [2.24, 2.45) is 0 Å². The van der Waals surface area contributed by atoms with Crippen LogP contribution in [0.5, 0.6) is 0 Å². The predicted octanol–water partition coefficient (Wildman–Crippen LogP) is 2.61. The third kappa shape index (κ3) is 6.09. The summed E-state index contributed by atoms with van der Waals surface area (Å²) in [5, 5.41) is 13.4. The van der Waals surface area contributed by atoms with Gasteiger partial charge in [-0.05, 0) is 24.3 Å². The normalized spacial score (nSPS) is 23.2. The number of nitrogens with one attached hydrogen (secondary N) is 1. The van der Waals surface area contributed by atoms with E-state index in [1.165, 1.54) is 7.11 Å². The number of aromatic nitrogens is 2. The maximum Gasteiger partial charge on any atom is 0.490 e. The Morgan fingerprint density at radius 1 is 1.39 bits per heavy atom. The number of hydrogen-bond donors (Lipinski definition) is 2. The number of aliphatic carboxylic acids is 1. The van der Waals surface area contributed by atoms with Crippen LogP contribution in [0.25, 0.3) is 10.2 Å². The lowest BCUT2D eigenvalue weighted by atomic mass is 9.78. The maximum atomic E-state index is 12.1. The summed E-state index contributed by atoms with van der Waals surface area (Å²) in [5.41, 5.74) is -0.368. The van der Waals surface area contributed by atoms with Crippen LogP contribution < -0.4 is 10.2 Å². The van der Waals surface area contributed by atoms with Gasteiger partial charge in [-0.2, -0.15) is 13.2 Å². The van der Waals surface area contributed by atoms with Gasteiger partial charge in [0.15, 0.2) is 0 Å². The molecule has 2 aromatic heterocycles. The third-order valence-corrected chi connectivity index (χ3v) is 6.40. The first-order chi connectivity index (χ1) is 15.7. The SMILES string of the molecule is COCC(=O)NC1CCCCC12CN(c1ncnc3sccc13)CCO2.O=C(O)C(F)(F)F. The van der Waals surface area contributed by atoms with E-state index in [-0.39, 0.29) is 24.2 Å². The Labute approximate surface area is 191 Å². The number of thiophene rings is 1. The molecule has 0 radical (unpaired) electrons. The fraction of sp³-hybridized carbons (Fsp3) is 0.600. The van der Waals surface area contributed by atoms with Crippen LogP contribution in [-0.4, -0.2) is 78.2 Å². The molecule has 9 nitrogen and oxygen atoms in total. The summed E-state index contributed by atoms with van der Waals surface area (Å²) in [6.45, 7) is 2.24. The zero-order valence-electron chi connectivity index (χ0n) is 17.9. The van der Waals surface area contributed by atoms with Crippen LogP contribution >= 0.6 is 11.3 Å². The Kier molecular flexibility index (Phi) is 8.08. The van der Waals surface area contributed by atoms with Crippen molar-refractivity contribution in [3.8, 4) is 0 Å². The van der Waals surface area contributed by atoms with E-state index in [0.29, 0.717) is 6.61 Å². The van der Waals surface area contributed by atoms with Gasteiger partial charge in [0.05, 0.1) is 24.6 Å². The van der Waals surface area contributed by atoms with Gasteiger partial charge in [0.25, 0.3) is 0 Å². The van der Waals surface area contributed by atoms with E-state index in [4.69, 9.17) is 19.4 Å². The number of hydrogen-bond acceptors (Lipinski definition) is 8. The number of alkyl halides is 3. The monoisotopic (exact) mass is 490 g/mol. The highest BCUT2D eigenvalue weighted by Crippen LogP contribution is 2.37. The molecule has 1 aliphatic heterocycles. The van der Waals surface area contributed by atoms with Crippen molar-refractivity contribution >= 4 is 39.2 Å². The van der Waals surface area contributed by atoms with Crippen molar-refractivity contribution in [2.45, 2.75) is 43.5 Å². The molecule has 4 rings (SSSR count). The number of halogens is 3. The van der Waals surface area contributed by atoms with Gasteiger partial charge in [0.2, 0.25) is 5.91 Å². The number of carboxylic acid groups (broad SMARTS) is 1. The summed E-state index contributed by atoms with van der Waals surface area (Å²) < 4.78 is 43.0. The lowest BCUT2D eigenvalue weighted by molar-refractivity contribution is -0.192. The van der Waals surface area contributed by atoms with Crippen LogP contribution in [0.2, 0.25) is 0 Å². The van der Waals surface area contributed by atoms with Crippen molar-refractivity contribution in [3.05, 3.63) is 17.8 Å². The minimum Gasteiger partial charge on any atom is -0.475 e. The molecule has 13 heteroatoms. The number of carbonyl (C=O) groups is 2. The van der Waals surface area contributed by atoms with Crippen LogP contribution in [0.4, 0.5) is 19.0 Å². The van der Waals surface area contributed by atoms with Crippen molar-refractivity contribution in [3.63, 3.8) is 0 Å². The second kappa shape index (κ2) is 10.6. The molecule has 1 amide bonds. The number of amides is 1. The predicted molar refractivity (Wildman–Crippen MR) is 114 cm³/mol. The highest BCUT2D eigenvalue weighted by molar-refractivity contribution is 7.16. The van der Waals surface area contributed by atoms with Gasteiger partial charge in [-0.3, -0.25) is 4.79 Å². The van der Waals surface area contributed by atoms with E-state index in [1.807, 2.05) is 5.38 Å². The number of ether oxygens (including phenoxy) is 2. The van der Waals surface area contributed by atoms with E-state index < -0.39 is 12.1 Å². The van der Waals surface area contributed by atoms with Crippen molar-refractivity contribution in [2.75, 3.05) is 38.3 Å². The molecule has 2 aromatic rings. The highest BCUT2D eigenvalue weighted by Gasteiger charge is 2.46. The molecule has 0 aromatic carbocycles. The number of rotatable bonds is 4. The third-order valence-electron chi connectivity index (χ3n) is 5.58. The number of methoxy groups -OCH3 is 1. The average molecular weight is 491 g/mol. The fourth-order valence-electron chi connectivity index (χ4n) is 4.16. The Bertz CT molecular complexity index is 969. The zero-order valence-corrected chi connectivity index (χ0v) is 18.7. The van der Waals surface area contributed by atoms with Crippen LogP contribution in [0.3, 0.4) is 0 Å². The smallest absolute Gasteiger partial charge is 0.475 e. The molecule has 1 spiro atoms. The number of anilines is 1. The van der Waals surface area contributed by atoms with Crippen LogP contribution in [-0.2, 0) is 19.1 Å². The van der Waals surface area contributed by atoms with E-state index in [0.717, 1.165) is 54.8 Å². The molecule has 2 fully saturated rings. The average Bonchev–Trinajstić information content (AvgIpc) is 3.25. The van der Waals surface area contributed by atoms with Crippen molar-refractivity contribution in [1.29, 1.82) is 0 Å². The molecule has 182 valence electrons. The number of carbonyl (C=O) groups excluding carboxylic acids is 1. The fourth-order valence-corrected chi connectivity index (χ4v) is 4.89. The van der Waals surface area contributed by atoms with Gasteiger partial charge in [0.1, 0.15) is 29.2 Å². The summed E-state index contributed by atoms with van der Waals surface area (Å²) in [5.74, 6) is -1.87. The number of carboxylic acids is 1. The Hall–Kier alpha value is -2.51. The highest BCUT2D eigenvalue weighted by atomic mass is 32.1. The summed E-state index contributed by atoms with van der Waals surface area (Å²) in [7, 11) is 1.54. The number of nitrogens with zero attached hydrogens (tertiary/aromatic N) is 3. The minimum absolute atomic E-state index is 0.00139. The quantitative estimate of drug-likeness (QED) is 0.673. The topological polar surface area (TPSA) is 114 Å². The van der Waals surface area contributed by atoms with Gasteiger partial charge in [-0.25, -0.2) is 14.8 Å². The first kappa shape index (κ1) is 25.1. The number of fused-ring (bicyclic) bond motifs is 1. The molecule has 0 bridgehead atoms. The largest absolute Gasteiger partial charge is 0.490 e. The first-order valence-electron chi connectivity index (χ1n) is 10.3. The number of morpholine rings is 1. The molecular formula is C20H25F3N4O5S. The van der Waals surface area contributed by atoms with E-state index in [1.54, 1.807) is 17.7 Å². The van der Waals surface area contributed by atoms with E-state index in [2.05, 4.69) is 26.3 Å². The van der Waals surface area contributed by atoms with E-state index in [9.17, 15) is 18.0 Å². The molecule has 2 N–H and O–H groups in total. The van der Waals surface area contributed by atoms with Crippen LogP contribution in [0, 0.1) is 0 Å². The van der Waals surface area contributed by atoms with Gasteiger partial charge in [-0.1, -0.05) is 12.8 Å². The van der Waals surface area contributed by atoms with Crippen molar-refractivity contribution in [1.82, 2.24) is 15.3 Å². The summed E-state index contributed by atoms with van der Waals surface area (Å²) >= 11 is 1.63. The van der Waals surface area contributed by atoms with Crippen LogP contribution in [0.1, 0.15) is 25.7 Å². The molecule has 1 saturated carbocycles. The molecular weight excluding hydrogens is 465 g/mol. The summed E-state index contributed by atoms with van der Waals surface area (Å²) in [4.78, 5) is 33.2. The second-order valence-corrected chi connectivity index (χ2v) is 8.67. The van der Waals surface area contributed by atoms with Gasteiger partial charge in [-0.15, -0.1) is 11.3 Å². The Balaban J connectivity index is 0.000000383. The molecule has 2 aliphatic rings. The maximum absolute atomic E-state index is 12.1. The molecule has 1 aliphatic carbocycles. The minimum atomic E-state index is -5.08. The van der Waals surface area contributed by atoms with Gasteiger partial charge in [0, 0.05) is 13.7 Å². The standard InChI is InChI=1S/C18H24N4O3S.C2HF3O2/c1-24-10-15(23)21-14-4-2-3-6-18(14)11-22(7-8-25-18)16-13-5-9-26-17(13)20-12-19-16;3-2(4,5)1(6)7/h5,9,12,14H,2-4,6-8,10-11H2,1H3,(H,21,23);(H,6,7).